The van der Waals surface area contributed by atoms with E-state index in [2.05, 4.69) is 42.2 Å². The predicted molar refractivity (Wildman–Crippen MR) is 123 cm³/mol. The number of aryl methyl sites for hydroxylation is 1. The van der Waals surface area contributed by atoms with Crippen molar-refractivity contribution in [3.8, 4) is 0 Å². The molecular formula is C23H29N7O. The molecule has 2 aliphatic heterocycles. The Hall–Kier alpha value is -3.00. The van der Waals surface area contributed by atoms with Gasteiger partial charge in [0.2, 0.25) is 5.95 Å². The third-order valence-electron chi connectivity index (χ3n) is 6.16. The highest BCUT2D eigenvalue weighted by molar-refractivity contribution is 5.91. The molecule has 3 aromatic heterocycles. The van der Waals surface area contributed by atoms with Crippen molar-refractivity contribution >= 4 is 28.5 Å². The molecule has 0 unspecified atom stereocenters. The van der Waals surface area contributed by atoms with Crippen molar-refractivity contribution < 1.29 is 4.74 Å². The Bertz CT molecular complexity index is 1030. The number of ether oxygens (including phenoxy) is 1. The first-order chi connectivity index (χ1) is 15.3. The van der Waals surface area contributed by atoms with Crippen LogP contribution in [0.4, 0.5) is 17.6 Å². The number of piperidine rings is 1. The first-order valence-corrected chi connectivity index (χ1v) is 11.1. The molecule has 2 saturated heterocycles. The summed E-state index contributed by atoms with van der Waals surface area (Å²) in [7, 11) is 0. The highest BCUT2D eigenvalue weighted by Gasteiger charge is 2.23. The number of hydrogen-bond acceptors (Lipinski definition) is 8. The van der Waals surface area contributed by atoms with Gasteiger partial charge in [-0.15, -0.1) is 0 Å². The molecule has 1 N–H and O–H groups in total. The van der Waals surface area contributed by atoms with Crippen molar-refractivity contribution in [2.75, 3.05) is 61.1 Å². The first-order valence-electron chi connectivity index (χ1n) is 11.1. The molecule has 0 atom stereocenters. The molecule has 0 amide bonds. The maximum absolute atomic E-state index is 5.52. The molecule has 0 aliphatic carbocycles. The smallest absolute Gasteiger partial charge is 0.222 e. The molecule has 0 spiro atoms. The average Bonchev–Trinajstić information content (AvgIpc) is 2.83. The van der Waals surface area contributed by atoms with Crippen molar-refractivity contribution in [1.82, 2.24) is 19.9 Å². The predicted octanol–water partition coefficient (Wildman–Crippen LogP) is 2.89. The van der Waals surface area contributed by atoms with Gasteiger partial charge < -0.3 is 19.9 Å². The Balaban J connectivity index is 1.29. The Morgan fingerprint density at radius 1 is 1.00 bits per heavy atom. The molecule has 0 radical (unpaired) electrons. The van der Waals surface area contributed by atoms with Gasteiger partial charge in [0.05, 0.1) is 18.7 Å². The maximum atomic E-state index is 5.52. The quantitative estimate of drug-likeness (QED) is 0.676. The molecule has 0 aromatic carbocycles. The fourth-order valence-corrected chi connectivity index (χ4v) is 4.36. The van der Waals surface area contributed by atoms with Gasteiger partial charge in [0.1, 0.15) is 11.6 Å². The zero-order valence-electron chi connectivity index (χ0n) is 18.0. The summed E-state index contributed by atoms with van der Waals surface area (Å²) in [4.78, 5) is 23.2. The number of rotatable bonds is 5. The second kappa shape index (κ2) is 9.01. The molecule has 5 rings (SSSR count). The van der Waals surface area contributed by atoms with Gasteiger partial charge >= 0.3 is 0 Å². The van der Waals surface area contributed by atoms with E-state index in [9.17, 15) is 0 Å². The van der Waals surface area contributed by atoms with E-state index in [1.807, 2.05) is 25.3 Å². The van der Waals surface area contributed by atoms with Crippen LogP contribution in [0.3, 0.4) is 0 Å². The van der Waals surface area contributed by atoms with E-state index in [1.54, 1.807) is 6.20 Å². The number of nitrogens with zero attached hydrogens (tertiary/aromatic N) is 6. The Morgan fingerprint density at radius 2 is 1.84 bits per heavy atom. The van der Waals surface area contributed by atoms with Crippen LogP contribution >= 0.6 is 0 Å². The summed E-state index contributed by atoms with van der Waals surface area (Å²) in [5.74, 6) is 3.39. The molecule has 2 fully saturated rings. The van der Waals surface area contributed by atoms with Gasteiger partial charge in [-0.05, 0) is 43.9 Å². The van der Waals surface area contributed by atoms with Crippen LogP contribution in [0.5, 0.6) is 0 Å². The normalized spacial score (nSPS) is 17.8. The lowest BCUT2D eigenvalue weighted by Gasteiger charge is -2.34. The monoisotopic (exact) mass is 419 g/mol. The number of nitrogens with one attached hydrogen (secondary N) is 1. The fourth-order valence-electron chi connectivity index (χ4n) is 4.36. The lowest BCUT2D eigenvalue weighted by Crippen LogP contribution is -2.38. The molecule has 162 valence electrons. The summed E-state index contributed by atoms with van der Waals surface area (Å²) in [6.45, 7) is 8.12. The SMILES string of the molecule is Cc1ccnc(NCC2CCN(c3nc(N4CCOCC4)cc4ncccc34)CC2)n1. The molecular weight excluding hydrogens is 390 g/mol. The minimum absolute atomic E-state index is 0.604. The molecule has 0 bridgehead atoms. The minimum Gasteiger partial charge on any atom is -0.378 e. The summed E-state index contributed by atoms with van der Waals surface area (Å²) in [6.07, 6.45) is 5.90. The van der Waals surface area contributed by atoms with E-state index >= 15 is 0 Å². The molecule has 8 nitrogen and oxygen atoms in total. The van der Waals surface area contributed by atoms with Crippen molar-refractivity contribution in [1.29, 1.82) is 0 Å². The van der Waals surface area contributed by atoms with E-state index in [4.69, 9.17) is 9.72 Å². The van der Waals surface area contributed by atoms with Gasteiger partial charge in [-0.25, -0.2) is 15.0 Å². The van der Waals surface area contributed by atoms with Crippen LogP contribution in [0.1, 0.15) is 18.5 Å². The molecule has 0 saturated carbocycles. The number of anilines is 3. The third kappa shape index (κ3) is 4.54. The van der Waals surface area contributed by atoms with Gasteiger partial charge in [-0.2, -0.15) is 0 Å². The highest BCUT2D eigenvalue weighted by atomic mass is 16.5. The average molecular weight is 420 g/mol. The van der Waals surface area contributed by atoms with Gasteiger partial charge in [0.25, 0.3) is 0 Å². The summed E-state index contributed by atoms with van der Waals surface area (Å²) < 4.78 is 5.52. The Morgan fingerprint density at radius 3 is 2.65 bits per heavy atom. The zero-order valence-corrected chi connectivity index (χ0v) is 18.0. The lowest BCUT2D eigenvalue weighted by molar-refractivity contribution is 0.122. The van der Waals surface area contributed by atoms with E-state index in [0.717, 1.165) is 93.0 Å². The lowest BCUT2D eigenvalue weighted by atomic mass is 9.96. The van der Waals surface area contributed by atoms with E-state index < -0.39 is 0 Å². The summed E-state index contributed by atoms with van der Waals surface area (Å²) in [5.41, 5.74) is 1.99. The summed E-state index contributed by atoms with van der Waals surface area (Å²) >= 11 is 0. The van der Waals surface area contributed by atoms with Crippen molar-refractivity contribution in [2.24, 2.45) is 5.92 Å². The summed E-state index contributed by atoms with van der Waals surface area (Å²) in [5, 5.41) is 4.54. The molecule has 8 heteroatoms. The summed E-state index contributed by atoms with van der Waals surface area (Å²) in [6, 6.07) is 8.17. The topological polar surface area (TPSA) is 79.3 Å². The van der Waals surface area contributed by atoms with Crippen molar-refractivity contribution in [2.45, 2.75) is 19.8 Å². The van der Waals surface area contributed by atoms with Crippen LogP contribution in [-0.2, 0) is 4.74 Å². The number of aromatic nitrogens is 4. The van der Waals surface area contributed by atoms with E-state index in [0.29, 0.717) is 5.92 Å². The van der Waals surface area contributed by atoms with Crippen molar-refractivity contribution in [3.05, 3.63) is 42.4 Å². The molecule has 3 aromatic rings. The van der Waals surface area contributed by atoms with Crippen LogP contribution in [0.2, 0.25) is 0 Å². The fraction of sp³-hybridized carbons (Fsp3) is 0.478. The molecule has 31 heavy (non-hydrogen) atoms. The van der Waals surface area contributed by atoms with E-state index in [1.165, 1.54) is 0 Å². The second-order valence-corrected chi connectivity index (χ2v) is 8.31. The molecule has 2 aliphatic rings. The van der Waals surface area contributed by atoms with Crippen LogP contribution in [0.25, 0.3) is 10.9 Å². The van der Waals surface area contributed by atoms with Crippen LogP contribution in [0, 0.1) is 12.8 Å². The maximum Gasteiger partial charge on any atom is 0.222 e. The minimum atomic E-state index is 0.604. The number of fused-ring (bicyclic) bond motifs is 1. The highest BCUT2D eigenvalue weighted by Crippen LogP contribution is 2.31. The number of morpholine rings is 1. The van der Waals surface area contributed by atoms with Gasteiger partial charge in [0, 0.05) is 62.3 Å². The second-order valence-electron chi connectivity index (χ2n) is 8.31. The van der Waals surface area contributed by atoms with Crippen LogP contribution in [-0.4, -0.2) is 65.9 Å². The molecule has 5 heterocycles. The number of pyridine rings is 2. The van der Waals surface area contributed by atoms with Crippen LogP contribution in [0.15, 0.2) is 36.7 Å². The largest absolute Gasteiger partial charge is 0.378 e. The van der Waals surface area contributed by atoms with E-state index in [-0.39, 0.29) is 0 Å². The first kappa shape index (κ1) is 19.9. The standard InChI is InChI=1S/C23H29N7O/c1-17-4-8-25-23(27-17)26-16-18-5-9-30(10-6-18)22-19-3-2-7-24-20(19)15-21(28-22)29-11-13-31-14-12-29/h2-4,7-8,15,18H,5-6,9-14,16H2,1H3,(H,25,26,27). The third-order valence-corrected chi connectivity index (χ3v) is 6.16. The van der Waals surface area contributed by atoms with Gasteiger partial charge in [-0.1, -0.05) is 0 Å². The zero-order chi connectivity index (χ0) is 21.0. The van der Waals surface area contributed by atoms with Crippen molar-refractivity contribution in [3.63, 3.8) is 0 Å². The Labute approximate surface area is 182 Å². The number of hydrogen-bond donors (Lipinski definition) is 1. The van der Waals surface area contributed by atoms with Gasteiger partial charge in [0.15, 0.2) is 0 Å². The van der Waals surface area contributed by atoms with Crippen LogP contribution < -0.4 is 15.1 Å². The Kier molecular flexibility index (Phi) is 5.80. The van der Waals surface area contributed by atoms with Gasteiger partial charge in [-0.3, -0.25) is 4.98 Å².